The Bertz CT molecular complexity index is 1350. The van der Waals surface area contributed by atoms with Gasteiger partial charge in [-0.3, -0.25) is 9.59 Å². The molecule has 288 valence electrons. The first-order chi connectivity index (χ1) is 23.9. The van der Waals surface area contributed by atoms with E-state index in [0.717, 1.165) is 5.69 Å². The van der Waals surface area contributed by atoms with Crippen LogP contribution in [0.3, 0.4) is 0 Å². The second-order valence-corrected chi connectivity index (χ2v) is 15.7. The number of rotatable bonds is 8. The Morgan fingerprint density at radius 3 is 2.37 bits per heavy atom. The maximum atomic E-state index is 14.3. The highest BCUT2D eigenvalue weighted by Gasteiger charge is 2.55. The molecule has 0 radical (unpaired) electrons. The monoisotopic (exact) mass is 738 g/mol. The molecule has 0 aliphatic carbocycles. The van der Waals surface area contributed by atoms with Crippen molar-refractivity contribution >= 4 is 35.1 Å². The fraction of sp³-hybridized carbons (Fsp3) is 0.757. The van der Waals surface area contributed by atoms with E-state index < -0.39 is 71.5 Å². The van der Waals surface area contributed by atoms with E-state index in [0.29, 0.717) is 37.4 Å². The topological polar surface area (TPSA) is 157 Å². The number of alkyl carbamates (subject to hydrolysis) is 1. The summed E-state index contributed by atoms with van der Waals surface area (Å²) in [6, 6.07) is 6.30. The van der Waals surface area contributed by atoms with Gasteiger partial charge in [-0.1, -0.05) is 32.4 Å². The fourth-order valence-corrected chi connectivity index (χ4v) is 8.08. The first-order valence-corrected chi connectivity index (χ1v) is 18.5. The number of hydrogen-bond donors (Lipinski definition) is 4. The van der Waals surface area contributed by atoms with E-state index in [1.807, 2.05) is 51.9 Å². The lowest BCUT2D eigenvalue weighted by atomic mass is 9.78. The van der Waals surface area contributed by atoms with Gasteiger partial charge in [0.1, 0.15) is 18.1 Å². The average Bonchev–Trinajstić information content (AvgIpc) is 3.41. The second-order valence-electron chi connectivity index (χ2n) is 15.3. The molecule has 1 amide bonds. The molecule has 3 fully saturated rings. The van der Waals surface area contributed by atoms with Crippen molar-refractivity contribution in [3.05, 3.63) is 29.3 Å². The van der Waals surface area contributed by atoms with Gasteiger partial charge < -0.3 is 49.6 Å². The number of esters is 1. The van der Waals surface area contributed by atoms with Gasteiger partial charge >= 0.3 is 12.1 Å². The van der Waals surface area contributed by atoms with Gasteiger partial charge in [0.15, 0.2) is 17.7 Å². The number of halogens is 1. The highest BCUT2D eigenvalue weighted by Crippen LogP contribution is 2.38. The number of methoxy groups -OCH3 is 1. The molecular weight excluding hydrogens is 680 g/mol. The van der Waals surface area contributed by atoms with E-state index in [1.165, 1.54) is 6.92 Å². The number of cyclic esters (lactones) is 1. The largest absolute Gasteiger partial charge is 0.458 e. The number of benzene rings is 1. The van der Waals surface area contributed by atoms with Crippen molar-refractivity contribution in [3.8, 4) is 0 Å². The predicted molar refractivity (Wildman–Crippen MR) is 194 cm³/mol. The normalized spacial score (nSPS) is 40.0. The molecular formula is C37H59ClN4O9. The fourth-order valence-electron chi connectivity index (χ4n) is 7.95. The number of aliphatic hydroxyl groups is 1. The molecule has 0 aromatic heterocycles. The summed E-state index contributed by atoms with van der Waals surface area (Å²) in [5, 5.41) is 22.1. The van der Waals surface area contributed by atoms with Crippen molar-refractivity contribution in [3.63, 3.8) is 0 Å². The summed E-state index contributed by atoms with van der Waals surface area (Å²) in [7, 11) is 5.37. The van der Waals surface area contributed by atoms with Crippen molar-refractivity contribution in [2.45, 2.75) is 128 Å². The van der Waals surface area contributed by atoms with Gasteiger partial charge in [-0.2, -0.15) is 0 Å². The minimum absolute atomic E-state index is 0.000493. The number of ether oxygens (including phenoxy) is 5. The summed E-state index contributed by atoms with van der Waals surface area (Å²) < 4.78 is 31.2. The first-order valence-electron chi connectivity index (χ1n) is 18.1. The number of ketones is 1. The molecule has 13 atom stereocenters. The van der Waals surface area contributed by atoms with Crippen LogP contribution in [0.5, 0.6) is 0 Å². The maximum Gasteiger partial charge on any atom is 0.408 e. The van der Waals surface area contributed by atoms with Gasteiger partial charge in [0.25, 0.3) is 0 Å². The van der Waals surface area contributed by atoms with Crippen LogP contribution in [0.1, 0.15) is 67.7 Å². The van der Waals surface area contributed by atoms with Crippen molar-refractivity contribution < 1.29 is 43.2 Å². The van der Waals surface area contributed by atoms with Crippen molar-refractivity contribution in [1.29, 1.82) is 0 Å². The Kier molecular flexibility index (Phi) is 13.8. The third-order valence-electron chi connectivity index (χ3n) is 11.1. The van der Waals surface area contributed by atoms with E-state index in [4.69, 9.17) is 35.3 Å². The standard InChI is InChI=1S/C37H59ClN4O9/c1-11-28-37(7)31(41-35(46)51-37)23(5)39-18-20(2)17-36(6,47-10)32(21(3)29(43)22(4)33(45)49-28)50-34-30(44)27(42(8)9)16-26(48-34)19-40-25-14-12-24(38)13-15-25/h12-15,20-23,26-28,30-32,34,39-40,44H,11,16-19H2,1-10H3,(H,41,46)/t20-,21+,22?,23-,26?,27?,28-,30?,31-,32-,34+,36-,37-/m1/s1. The van der Waals surface area contributed by atoms with Gasteiger partial charge in [0, 0.05) is 42.4 Å². The van der Waals surface area contributed by atoms with Gasteiger partial charge in [-0.15, -0.1) is 0 Å². The molecule has 14 heteroatoms. The number of hydrogen-bond acceptors (Lipinski definition) is 12. The smallest absolute Gasteiger partial charge is 0.408 e. The molecule has 0 spiro atoms. The molecule has 51 heavy (non-hydrogen) atoms. The lowest BCUT2D eigenvalue weighted by Gasteiger charge is -2.47. The van der Waals surface area contributed by atoms with Crippen molar-refractivity contribution in [1.82, 2.24) is 15.5 Å². The third kappa shape index (κ3) is 9.35. The number of fused-ring (bicyclic) bond motifs is 1. The molecule has 13 nitrogen and oxygen atoms in total. The molecule has 3 saturated heterocycles. The highest BCUT2D eigenvalue weighted by atomic mass is 35.5. The van der Waals surface area contributed by atoms with E-state index in [-0.39, 0.29) is 24.1 Å². The molecule has 4 N–H and O–H groups in total. The number of anilines is 1. The minimum Gasteiger partial charge on any atom is -0.458 e. The molecule has 1 aromatic carbocycles. The Hall–Kier alpha value is -2.52. The highest BCUT2D eigenvalue weighted by molar-refractivity contribution is 6.30. The number of aliphatic hydroxyl groups excluding tert-OH is 1. The number of nitrogens with zero attached hydrogens (tertiary/aromatic N) is 1. The van der Waals surface area contributed by atoms with Crippen LogP contribution in [0.25, 0.3) is 0 Å². The van der Waals surface area contributed by atoms with Crippen LogP contribution in [0.4, 0.5) is 10.5 Å². The molecule has 4 rings (SSSR count). The Balaban J connectivity index is 1.66. The third-order valence-corrected chi connectivity index (χ3v) is 11.3. The molecule has 0 bridgehead atoms. The summed E-state index contributed by atoms with van der Waals surface area (Å²) in [4.78, 5) is 42.4. The summed E-state index contributed by atoms with van der Waals surface area (Å²) >= 11 is 6.07. The lowest BCUT2D eigenvalue weighted by molar-refractivity contribution is -0.296. The molecule has 1 aromatic rings. The maximum absolute atomic E-state index is 14.3. The SMILES string of the molecule is CC[C@H]1OC(=O)C(C)C(=O)[C@H](C)[C@@H](O[C@@H]2OC(CNc3ccc(Cl)cc3)CC(N(C)C)C2O)[C@](C)(OC)C[C@@H](C)CN[C@H](C)[C@H]2NC(=O)O[C@@]21C. The number of carbonyl (C=O) groups excluding carboxylic acids is 3. The minimum atomic E-state index is -1.17. The molecule has 3 heterocycles. The van der Waals surface area contributed by atoms with Crippen LogP contribution in [-0.4, -0.2) is 122 Å². The zero-order valence-corrected chi connectivity index (χ0v) is 32.5. The summed E-state index contributed by atoms with van der Waals surface area (Å²) in [6.07, 6.45) is -3.49. The van der Waals surface area contributed by atoms with Crippen molar-refractivity contribution in [2.24, 2.45) is 17.8 Å². The second kappa shape index (κ2) is 17.1. The quantitative estimate of drug-likeness (QED) is 0.225. The van der Waals surface area contributed by atoms with Crippen LogP contribution in [0, 0.1) is 17.8 Å². The van der Waals surface area contributed by atoms with Crippen LogP contribution < -0.4 is 16.0 Å². The van der Waals surface area contributed by atoms with E-state index in [9.17, 15) is 19.5 Å². The van der Waals surface area contributed by atoms with Crippen LogP contribution >= 0.6 is 11.6 Å². The van der Waals surface area contributed by atoms with E-state index >= 15 is 0 Å². The number of Topliss-reactive ketones (excluding diaryl/α,β-unsaturated/α-hetero) is 1. The van der Waals surface area contributed by atoms with Crippen LogP contribution in [0.2, 0.25) is 5.02 Å². The Morgan fingerprint density at radius 2 is 1.76 bits per heavy atom. The Morgan fingerprint density at radius 1 is 1.10 bits per heavy atom. The Labute approximate surface area is 307 Å². The zero-order chi connectivity index (χ0) is 37.8. The van der Waals surface area contributed by atoms with Crippen LogP contribution in [-0.2, 0) is 33.3 Å². The van der Waals surface area contributed by atoms with Gasteiger partial charge in [-0.05, 0) is 97.8 Å². The first kappa shape index (κ1) is 41.2. The summed E-state index contributed by atoms with van der Waals surface area (Å²) in [5.41, 5.74) is -1.36. The van der Waals surface area contributed by atoms with E-state index in [1.54, 1.807) is 33.1 Å². The average molecular weight is 739 g/mol. The van der Waals surface area contributed by atoms with Crippen LogP contribution in [0.15, 0.2) is 24.3 Å². The molecule has 3 aliphatic rings. The molecule has 4 unspecified atom stereocenters. The predicted octanol–water partition coefficient (Wildman–Crippen LogP) is 4.00. The number of carbonyl (C=O) groups is 3. The summed E-state index contributed by atoms with van der Waals surface area (Å²) in [5.74, 6) is -3.18. The number of likely N-dealkylation sites (N-methyl/N-ethyl adjacent to an activating group) is 1. The lowest BCUT2D eigenvalue weighted by Crippen LogP contribution is -2.60. The number of amides is 1. The van der Waals surface area contributed by atoms with Crippen molar-refractivity contribution in [2.75, 3.05) is 39.6 Å². The molecule has 0 saturated carbocycles. The molecule has 3 aliphatic heterocycles. The van der Waals surface area contributed by atoms with E-state index in [2.05, 4.69) is 22.9 Å². The summed E-state index contributed by atoms with van der Waals surface area (Å²) in [6.45, 7) is 13.7. The van der Waals surface area contributed by atoms with Gasteiger partial charge in [0.2, 0.25) is 0 Å². The van der Waals surface area contributed by atoms with Gasteiger partial charge in [-0.25, -0.2) is 4.79 Å². The number of nitrogens with one attached hydrogen (secondary N) is 3. The zero-order valence-electron chi connectivity index (χ0n) is 31.7. The van der Waals surface area contributed by atoms with Gasteiger partial charge in [0.05, 0.1) is 23.9 Å².